The van der Waals surface area contributed by atoms with Crippen LogP contribution in [0.25, 0.3) is 0 Å². The molecule has 7 heteroatoms. The molecule has 1 aromatic heterocycles. The fraction of sp³-hybridized carbons (Fsp3) is 0.231. The molecule has 3 rings (SSSR count). The third-order valence-electron chi connectivity index (χ3n) is 3.44. The molecule has 20 heavy (non-hydrogen) atoms. The maximum atomic E-state index is 11.7. The average molecular weight is 309 g/mol. The van der Waals surface area contributed by atoms with E-state index in [0.717, 1.165) is 13.0 Å². The van der Waals surface area contributed by atoms with Crippen molar-refractivity contribution in [3.63, 3.8) is 0 Å². The Morgan fingerprint density at radius 2 is 2.05 bits per heavy atom. The monoisotopic (exact) mass is 309 g/mol. The van der Waals surface area contributed by atoms with Gasteiger partial charge in [-0.2, -0.15) is 0 Å². The highest BCUT2D eigenvalue weighted by atomic mass is 32.2. The predicted octanol–water partition coefficient (Wildman–Crippen LogP) is 1.54. The molecular weight excluding hydrogens is 294 g/mol. The van der Waals surface area contributed by atoms with Crippen molar-refractivity contribution < 1.29 is 8.42 Å². The maximum Gasteiger partial charge on any atom is 0.240 e. The summed E-state index contributed by atoms with van der Waals surface area (Å²) in [4.78, 5) is 3.50. The molecule has 0 amide bonds. The van der Waals surface area contributed by atoms with E-state index in [1.807, 2.05) is 4.90 Å². The Morgan fingerprint density at radius 3 is 2.80 bits per heavy atom. The number of hydrogen-bond donors (Lipinski definition) is 2. The Hall–Kier alpha value is -1.57. The predicted molar refractivity (Wildman–Crippen MR) is 81.3 cm³/mol. The van der Waals surface area contributed by atoms with E-state index in [1.165, 1.54) is 16.5 Å². The molecule has 0 aliphatic carbocycles. The Kier molecular flexibility index (Phi) is 3.19. The highest BCUT2D eigenvalue weighted by Crippen LogP contribution is 2.32. The second-order valence-electron chi connectivity index (χ2n) is 4.81. The molecule has 0 spiro atoms. The zero-order valence-corrected chi connectivity index (χ0v) is 12.4. The van der Waals surface area contributed by atoms with Crippen LogP contribution in [0.15, 0.2) is 34.5 Å². The Morgan fingerprint density at radius 1 is 1.25 bits per heavy atom. The SMILES string of the molecule is Nc1ccc(N2CCc3sccc3C2)c(S(N)(=O)=O)c1. The van der Waals surface area contributed by atoms with Crippen LogP contribution >= 0.6 is 11.3 Å². The van der Waals surface area contributed by atoms with Crippen molar-refractivity contribution in [2.24, 2.45) is 5.14 Å². The van der Waals surface area contributed by atoms with Crippen LogP contribution in [0.5, 0.6) is 0 Å². The number of benzene rings is 1. The highest BCUT2D eigenvalue weighted by Gasteiger charge is 2.23. The van der Waals surface area contributed by atoms with E-state index in [1.54, 1.807) is 23.5 Å². The number of rotatable bonds is 2. The molecule has 1 aliphatic heterocycles. The van der Waals surface area contributed by atoms with Crippen molar-refractivity contribution in [3.8, 4) is 0 Å². The first-order valence-corrected chi connectivity index (χ1v) is 8.60. The molecule has 0 atom stereocenters. The summed E-state index contributed by atoms with van der Waals surface area (Å²) in [6.45, 7) is 1.48. The van der Waals surface area contributed by atoms with Gasteiger partial charge in [-0.3, -0.25) is 0 Å². The number of nitrogens with two attached hydrogens (primary N) is 2. The van der Waals surface area contributed by atoms with Gasteiger partial charge < -0.3 is 10.6 Å². The van der Waals surface area contributed by atoms with Crippen LogP contribution in [0, 0.1) is 0 Å². The van der Waals surface area contributed by atoms with E-state index in [0.29, 0.717) is 17.9 Å². The smallest absolute Gasteiger partial charge is 0.240 e. The third-order valence-corrected chi connectivity index (χ3v) is 5.40. The van der Waals surface area contributed by atoms with E-state index < -0.39 is 10.0 Å². The molecule has 0 bridgehead atoms. The van der Waals surface area contributed by atoms with Crippen LogP contribution in [-0.4, -0.2) is 15.0 Å². The normalized spacial score (nSPS) is 15.2. The number of sulfonamides is 1. The number of nitrogens with zero attached hydrogens (tertiary/aromatic N) is 1. The molecule has 0 radical (unpaired) electrons. The molecule has 0 saturated heterocycles. The van der Waals surface area contributed by atoms with E-state index in [2.05, 4.69) is 11.4 Å². The summed E-state index contributed by atoms with van der Waals surface area (Å²) in [5, 5.41) is 7.37. The van der Waals surface area contributed by atoms with Crippen molar-refractivity contribution in [3.05, 3.63) is 40.1 Å². The quantitative estimate of drug-likeness (QED) is 0.824. The highest BCUT2D eigenvalue weighted by molar-refractivity contribution is 7.89. The molecule has 1 aromatic carbocycles. The van der Waals surface area contributed by atoms with Gasteiger partial charge in [0, 0.05) is 23.7 Å². The van der Waals surface area contributed by atoms with Crippen molar-refractivity contribution >= 4 is 32.7 Å². The summed E-state index contributed by atoms with van der Waals surface area (Å²) in [5.74, 6) is 0. The summed E-state index contributed by atoms with van der Waals surface area (Å²) in [5.41, 5.74) is 7.94. The van der Waals surface area contributed by atoms with Gasteiger partial charge in [0.05, 0.1) is 5.69 Å². The molecule has 2 aromatic rings. The van der Waals surface area contributed by atoms with E-state index in [9.17, 15) is 8.42 Å². The van der Waals surface area contributed by atoms with Crippen LogP contribution < -0.4 is 15.8 Å². The minimum Gasteiger partial charge on any atom is -0.399 e. The number of fused-ring (bicyclic) bond motifs is 1. The molecule has 5 nitrogen and oxygen atoms in total. The Balaban J connectivity index is 2.04. The van der Waals surface area contributed by atoms with Crippen LogP contribution in [0.4, 0.5) is 11.4 Å². The van der Waals surface area contributed by atoms with Crippen LogP contribution in [0.2, 0.25) is 0 Å². The van der Waals surface area contributed by atoms with E-state index in [-0.39, 0.29) is 4.90 Å². The van der Waals surface area contributed by atoms with Gasteiger partial charge in [-0.25, -0.2) is 13.6 Å². The minimum absolute atomic E-state index is 0.0937. The molecule has 2 heterocycles. The lowest BCUT2D eigenvalue weighted by Crippen LogP contribution is -2.31. The average Bonchev–Trinajstić information content (AvgIpc) is 2.84. The zero-order chi connectivity index (χ0) is 14.3. The van der Waals surface area contributed by atoms with Crippen molar-refractivity contribution in [2.45, 2.75) is 17.9 Å². The molecule has 4 N–H and O–H groups in total. The summed E-state index contributed by atoms with van der Waals surface area (Å²) >= 11 is 1.75. The summed E-state index contributed by atoms with van der Waals surface area (Å²) in [6, 6.07) is 6.94. The van der Waals surface area contributed by atoms with Crippen molar-refractivity contribution in [1.82, 2.24) is 0 Å². The summed E-state index contributed by atoms with van der Waals surface area (Å²) in [7, 11) is -3.79. The molecule has 0 saturated carbocycles. The fourth-order valence-corrected chi connectivity index (χ4v) is 4.15. The first-order valence-electron chi connectivity index (χ1n) is 6.17. The van der Waals surface area contributed by atoms with Gasteiger partial charge in [0.15, 0.2) is 0 Å². The Bertz CT molecular complexity index is 753. The fourth-order valence-electron chi connectivity index (χ4n) is 2.47. The first-order chi connectivity index (χ1) is 9.45. The summed E-state index contributed by atoms with van der Waals surface area (Å²) in [6.07, 6.45) is 0.918. The first kappa shape index (κ1) is 13.4. The van der Waals surface area contributed by atoms with Crippen LogP contribution in [0.1, 0.15) is 10.4 Å². The number of hydrogen-bond acceptors (Lipinski definition) is 5. The number of anilines is 2. The Labute approximate surface area is 121 Å². The van der Waals surface area contributed by atoms with Crippen LogP contribution in [-0.2, 0) is 23.0 Å². The molecule has 0 unspecified atom stereocenters. The van der Waals surface area contributed by atoms with Gasteiger partial charge in [0.2, 0.25) is 10.0 Å². The third kappa shape index (κ3) is 2.39. The van der Waals surface area contributed by atoms with Gasteiger partial charge >= 0.3 is 0 Å². The maximum absolute atomic E-state index is 11.7. The van der Waals surface area contributed by atoms with Crippen LogP contribution in [0.3, 0.4) is 0 Å². The van der Waals surface area contributed by atoms with Gasteiger partial charge in [-0.05, 0) is 41.6 Å². The minimum atomic E-state index is -3.79. The molecule has 0 fully saturated rings. The van der Waals surface area contributed by atoms with Gasteiger partial charge in [0.25, 0.3) is 0 Å². The van der Waals surface area contributed by atoms with Crippen molar-refractivity contribution in [1.29, 1.82) is 0 Å². The molecular formula is C13H15N3O2S2. The molecule has 106 valence electrons. The number of primary sulfonamides is 1. The lowest BCUT2D eigenvalue weighted by Gasteiger charge is -2.30. The van der Waals surface area contributed by atoms with Crippen molar-refractivity contribution in [2.75, 3.05) is 17.2 Å². The van der Waals surface area contributed by atoms with E-state index in [4.69, 9.17) is 10.9 Å². The van der Waals surface area contributed by atoms with Gasteiger partial charge in [-0.15, -0.1) is 11.3 Å². The van der Waals surface area contributed by atoms with E-state index >= 15 is 0 Å². The number of thiophene rings is 1. The molecule has 1 aliphatic rings. The largest absolute Gasteiger partial charge is 0.399 e. The number of nitrogen functional groups attached to an aromatic ring is 1. The summed E-state index contributed by atoms with van der Waals surface area (Å²) < 4.78 is 23.5. The standard InChI is InChI=1S/C13H15N3O2S2/c14-10-1-2-11(13(7-10)20(15,17)18)16-5-3-12-9(8-16)4-6-19-12/h1-2,4,6-7H,3,5,8,14H2,(H2,15,17,18). The second-order valence-corrected chi connectivity index (χ2v) is 7.34. The topological polar surface area (TPSA) is 89.4 Å². The van der Waals surface area contributed by atoms with Gasteiger partial charge in [-0.1, -0.05) is 0 Å². The van der Waals surface area contributed by atoms with Gasteiger partial charge in [0.1, 0.15) is 4.90 Å². The lowest BCUT2D eigenvalue weighted by molar-refractivity contribution is 0.597. The second kappa shape index (κ2) is 4.76. The zero-order valence-electron chi connectivity index (χ0n) is 10.7. The lowest BCUT2D eigenvalue weighted by atomic mass is 10.1.